The van der Waals surface area contributed by atoms with Gasteiger partial charge in [-0.05, 0) is 35.2 Å². The van der Waals surface area contributed by atoms with E-state index in [0.717, 1.165) is 5.52 Å². The molecule has 0 aliphatic carbocycles. The van der Waals surface area contributed by atoms with E-state index in [1.807, 2.05) is 28.9 Å². The summed E-state index contributed by atoms with van der Waals surface area (Å²) in [5, 5.41) is 15.8. The number of nitrogens with zero attached hydrogens (tertiary/aromatic N) is 4. The molecular weight excluding hydrogens is 340 g/mol. The Morgan fingerprint density at radius 3 is 2.64 bits per heavy atom. The van der Waals surface area contributed by atoms with Crippen molar-refractivity contribution in [2.75, 3.05) is 0 Å². The van der Waals surface area contributed by atoms with Crippen LogP contribution in [0.25, 0.3) is 5.52 Å². The van der Waals surface area contributed by atoms with Gasteiger partial charge in [0.05, 0.1) is 0 Å². The molecule has 3 aromatic rings. The third kappa shape index (κ3) is 3.78. The maximum absolute atomic E-state index is 12.3. The summed E-state index contributed by atoms with van der Waals surface area (Å²) in [6, 6.07) is 10.1. The van der Waals surface area contributed by atoms with Gasteiger partial charge in [0.2, 0.25) is 0 Å². The van der Waals surface area contributed by atoms with Gasteiger partial charge in [-0.2, -0.15) is 13.7 Å². The van der Waals surface area contributed by atoms with E-state index in [2.05, 4.69) is 24.0 Å². The third-order valence-corrected chi connectivity index (χ3v) is 4.82. The summed E-state index contributed by atoms with van der Waals surface area (Å²) < 4.78 is 31.4. The number of rotatable bonds is 5. The first kappa shape index (κ1) is 16.9. The van der Waals surface area contributed by atoms with Crippen molar-refractivity contribution in [3.63, 3.8) is 0 Å². The van der Waals surface area contributed by atoms with E-state index >= 15 is 0 Å². The van der Waals surface area contributed by atoms with Gasteiger partial charge in [0.15, 0.2) is 5.69 Å². The van der Waals surface area contributed by atoms with Crippen LogP contribution in [0.3, 0.4) is 0 Å². The van der Waals surface area contributed by atoms with Gasteiger partial charge in [0.25, 0.3) is 5.88 Å². The fourth-order valence-corrected chi connectivity index (χ4v) is 3.46. The molecule has 0 unspecified atom stereocenters. The molecule has 0 aromatic carbocycles. The standard InChI is InChI=1S/C17H16N4O3S/c1-12(2)13-3-5-16-14(7-8-21(16)10-13)11-25(22,23)24-17-6-4-15(9-18)19-20-17/h3-8,10,12H,11H2,1-2H3. The van der Waals surface area contributed by atoms with Gasteiger partial charge < -0.3 is 8.58 Å². The van der Waals surface area contributed by atoms with Crippen LogP contribution in [0.5, 0.6) is 5.88 Å². The summed E-state index contributed by atoms with van der Waals surface area (Å²) >= 11 is 0. The number of aromatic nitrogens is 3. The van der Waals surface area contributed by atoms with E-state index in [-0.39, 0.29) is 17.3 Å². The van der Waals surface area contributed by atoms with Crippen LogP contribution in [0, 0.1) is 11.3 Å². The van der Waals surface area contributed by atoms with Crippen molar-refractivity contribution < 1.29 is 12.6 Å². The van der Waals surface area contributed by atoms with Crippen LogP contribution < -0.4 is 4.18 Å². The first-order valence-electron chi connectivity index (χ1n) is 7.63. The molecule has 0 atom stereocenters. The predicted octanol–water partition coefficient (Wildman–Crippen LogP) is 2.63. The Morgan fingerprint density at radius 1 is 1.20 bits per heavy atom. The van der Waals surface area contributed by atoms with Crippen molar-refractivity contribution >= 4 is 15.6 Å². The van der Waals surface area contributed by atoms with E-state index < -0.39 is 10.1 Å². The zero-order valence-corrected chi connectivity index (χ0v) is 14.6. The molecule has 3 aromatic heterocycles. The molecule has 0 aliphatic rings. The van der Waals surface area contributed by atoms with Crippen molar-refractivity contribution in [3.05, 3.63) is 59.5 Å². The van der Waals surface area contributed by atoms with Crippen LogP contribution in [-0.4, -0.2) is 23.0 Å². The highest BCUT2D eigenvalue weighted by Crippen LogP contribution is 2.21. The maximum Gasteiger partial charge on any atom is 0.315 e. The Morgan fingerprint density at radius 2 is 2.00 bits per heavy atom. The lowest BCUT2D eigenvalue weighted by Gasteiger charge is -2.08. The Balaban J connectivity index is 1.82. The molecule has 3 heterocycles. The van der Waals surface area contributed by atoms with Crippen LogP contribution >= 0.6 is 0 Å². The van der Waals surface area contributed by atoms with Crippen LogP contribution in [-0.2, 0) is 15.9 Å². The average molecular weight is 356 g/mol. The first-order chi connectivity index (χ1) is 11.9. The largest absolute Gasteiger partial charge is 0.360 e. The summed E-state index contributed by atoms with van der Waals surface area (Å²) in [6.07, 6.45) is 3.82. The number of nitriles is 1. The van der Waals surface area contributed by atoms with E-state index in [4.69, 9.17) is 9.44 Å². The molecular formula is C17H16N4O3S. The Hall–Kier alpha value is -2.92. The summed E-state index contributed by atoms with van der Waals surface area (Å²) in [7, 11) is -3.89. The zero-order valence-electron chi connectivity index (χ0n) is 13.7. The minimum Gasteiger partial charge on any atom is -0.360 e. The Bertz CT molecular complexity index is 1050. The van der Waals surface area contributed by atoms with Crippen molar-refractivity contribution in [2.45, 2.75) is 25.5 Å². The molecule has 0 N–H and O–H groups in total. The second-order valence-electron chi connectivity index (χ2n) is 5.90. The molecule has 3 rings (SSSR count). The molecule has 0 spiro atoms. The number of pyridine rings is 1. The van der Waals surface area contributed by atoms with Crippen molar-refractivity contribution in [2.24, 2.45) is 0 Å². The lowest BCUT2D eigenvalue weighted by Crippen LogP contribution is -2.13. The molecule has 0 fully saturated rings. The lowest BCUT2D eigenvalue weighted by atomic mass is 10.1. The molecule has 25 heavy (non-hydrogen) atoms. The van der Waals surface area contributed by atoms with Crippen molar-refractivity contribution in [3.8, 4) is 11.9 Å². The molecule has 7 nitrogen and oxygen atoms in total. The topological polar surface area (TPSA) is 97.3 Å². The summed E-state index contributed by atoms with van der Waals surface area (Å²) in [4.78, 5) is 0. The van der Waals surface area contributed by atoms with Gasteiger partial charge in [0.1, 0.15) is 11.8 Å². The van der Waals surface area contributed by atoms with Crippen LogP contribution in [0.15, 0.2) is 42.7 Å². The monoisotopic (exact) mass is 356 g/mol. The van der Waals surface area contributed by atoms with E-state index in [0.29, 0.717) is 11.5 Å². The minimum absolute atomic E-state index is 0.0872. The van der Waals surface area contributed by atoms with Gasteiger partial charge in [-0.3, -0.25) is 0 Å². The SMILES string of the molecule is CC(C)c1ccc2c(CS(=O)(=O)Oc3ccc(C#N)nn3)ccn2c1. The van der Waals surface area contributed by atoms with E-state index in [1.165, 1.54) is 17.7 Å². The normalized spacial score (nSPS) is 11.6. The molecule has 0 radical (unpaired) electrons. The molecule has 0 bridgehead atoms. The third-order valence-electron chi connectivity index (χ3n) is 3.73. The summed E-state index contributed by atoms with van der Waals surface area (Å²) in [6.45, 7) is 4.20. The fraction of sp³-hybridized carbons (Fsp3) is 0.235. The second kappa shape index (κ2) is 6.53. The Labute approximate surface area is 145 Å². The van der Waals surface area contributed by atoms with Gasteiger partial charge >= 0.3 is 10.1 Å². The molecule has 0 aliphatic heterocycles. The summed E-state index contributed by atoms with van der Waals surface area (Å²) in [5.74, 6) is -0.0615. The van der Waals surface area contributed by atoms with Crippen LogP contribution in [0.1, 0.15) is 36.6 Å². The first-order valence-corrected chi connectivity index (χ1v) is 9.21. The molecule has 8 heteroatoms. The molecule has 0 saturated carbocycles. The highest BCUT2D eigenvalue weighted by Gasteiger charge is 2.18. The predicted molar refractivity (Wildman–Crippen MR) is 91.5 cm³/mol. The van der Waals surface area contributed by atoms with Crippen molar-refractivity contribution in [1.82, 2.24) is 14.6 Å². The number of hydrogen-bond acceptors (Lipinski definition) is 6. The van der Waals surface area contributed by atoms with E-state index in [9.17, 15) is 8.42 Å². The molecule has 0 amide bonds. The smallest absolute Gasteiger partial charge is 0.315 e. The lowest BCUT2D eigenvalue weighted by molar-refractivity contribution is 0.470. The van der Waals surface area contributed by atoms with Crippen molar-refractivity contribution in [1.29, 1.82) is 5.26 Å². The van der Waals surface area contributed by atoms with Gasteiger partial charge in [-0.25, -0.2) is 0 Å². The summed E-state index contributed by atoms with van der Waals surface area (Å²) in [5.41, 5.74) is 2.70. The van der Waals surface area contributed by atoms with Gasteiger partial charge in [-0.1, -0.05) is 19.9 Å². The molecule has 0 saturated heterocycles. The highest BCUT2D eigenvalue weighted by atomic mass is 32.2. The Kier molecular flexibility index (Phi) is 4.42. The highest BCUT2D eigenvalue weighted by molar-refractivity contribution is 7.86. The van der Waals surface area contributed by atoms with Crippen LogP contribution in [0.4, 0.5) is 0 Å². The zero-order chi connectivity index (χ0) is 18.0. The van der Waals surface area contributed by atoms with Gasteiger partial charge in [0, 0.05) is 24.0 Å². The van der Waals surface area contributed by atoms with E-state index in [1.54, 1.807) is 12.1 Å². The number of hydrogen-bond donors (Lipinski definition) is 0. The average Bonchev–Trinajstić information content (AvgIpc) is 2.96. The fourth-order valence-electron chi connectivity index (χ4n) is 2.42. The van der Waals surface area contributed by atoms with Crippen LogP contribution in [0.2, 0.25) is 0 Å². The van der Waals surface area contributed by atoms with Gasteiger partial charge in [-0.15, -0.1) is 10.2 Å². The number of fused-ring (bicyclic) bond motifs is 1. The second-order valence-corrected chi connectivity index (χ2v) is 7.48. The quantitative estimate of drug-likeness (QED) is 0.652. The maximum atomic E-state index is 12.3. The molecule has 128 valence electrons. The minimum atomic E-state index is -3.89.